The summed E-state index contributed by atoms with van der Waals surface area (Å²) >= 11 is 0. The Balaban J connectivity index is 2.98. The SMILES string of the molecule is CCCCN(C(=O)c1ccc(N)c(OC)c1)C(C)CC. The van der Waals surface area contributed by atoms with Gasteiger partial charge in [-0.1, -0.05) is 20.3 Å². The van der Waals surface area contributed by atoms with E-state index >= 15 is 0 Å². The maximum absolute atomic E-state index is 12.7. The lowest BCUT2D eigenvalue weighted by Gasteiger charge is -2.29. The van der Waals surface area contributed by atoms with Crippen LogP contribution in [0.3, 0.4) is 0 Å². The van der Waals surface area contributed by atoms with Crippen LogP contribution in [0.15, 0.2) is 18.2 Å². The number of hydrogen-bond acceptors (Lipinski definition) is 3. The molecular weight excluding hydrogens is 252 g/mol. The van der Waals surface area contributed by atoms with E-state index < -0.39 is 0 Å². The number of rotatable bonds is 7. The molecular formula is C16H26N2O2. The van der Waals surface area contributed by atoms with E-state index in [4.69, 9.17) is 10.5 Å². The molecule has 20 heavy (non-hydrogen) atoms. The van der Waals surface area contributed by atoms with Crippen molar-refractivity contribution >= 4 is 11.6 Å². The van der Waals surface area contributed by atoms with Gasteiger partial charge in [-0.15, -0.1) is 0 Å². The van der Waals surface area contributed by atoms with Gasteiger partial charge in [0.15, 0.2) is 0 Å². The Bertz CT molecular complexity index is 446. The Kier molecular flexibility index (Phi) is 6.36. The Morgan fingerprint density at radius 3 is 2.65 bits per heavy atom. The summed E-state index contributed by atoms with van der Waals surface area (Å²) in [5.41, 5.74) is 6.97. The van der Waals surface area contributed by atoms with Gasteiger partial charge in [0.25, 0.3) is 5.91 Å². The number of carbonyl (C=O) groups is 1. The molecule has 4 nitrogen and oxygen atoms in total. The third-order valence-electron chi connectivity index (χ3n) is 3.62. The molecule has 0 aliphatic heterocycles. The second kappa shape index (κ2) is 7.78. The van der Waals surface area contributed by atoms with Crippen LogP contribution in [0.1, 0.15) is 50.4 Å². The number of hydrogen-bond donors (Lipinski definition) is 1. The molecule has 0 aromatic heterocycles. The number of methoxy groups -OCH3 is 1. The van der Waals surface area contributed by atoms with E-state index in [1.54, 1.807) is 25.3 Å². The summed E-state index contributed by atoms with van der Waals surface area (Å²) in [6.07, 6.45) is 3.04. The van der Waals surface area contributed by atoms with Crippen molar-refractivity contribution in [2.45, 2.75) is 46.1 Å². The van der Waals surface area contributed by atoms with Crippen molar-refractivity contribution in [2.24, 2.45) is 0 Å². The predicted octanol–water partition coefficient (Wildman–Crippen LogP) is 3.32. The molecule has 112 valence electrons. The van der Waals surface area contributed by atoms with Gasteiger partial charge in [0.2, 0.25) is 0 Å². The minimum Gasteiger partial charge on any atom is -0.495 e. The van der Waals surface area contributed by atoms with E-state index in [0.717, 1.165) is 25.8 Å². The fourth-order valence-electron chi connectivity index (χ4n) is 2.08. The third-order valence-corrected chi connectivity index (χ3v) is 3.62. The fourth-order valence-corrected chi connectivity index (χ4v) is 2.08. The standard InChI is InChI=1S/C16H26N2O2/c1-5-7-10-18(12(3)6-2)16(19)13-8-9-14(17)15(11-13)20-4/h8-9,11-12H,5-7,10,17H2,1-4H3. The van der Waals surface area contributed by atoms with Gasteiger partial charge in [-0.05, 0) is 38.0 Å². The van der Waals surface area contributed by atoms with E-state index in [1.807, 2.05) is 4.90 Å². The Morgan fingerprint density at radius 1 is 1.40 bits per heavy atom. The van der Waals surface area contributed by atoms with Gasteiger partial charge in [-0.25, -0.2) is 0 Å². The van der Waals surface area contributed by atoms with Gasteiger partial charge >= 0.3 is 0 Å². The van der Waals surface area contributed by atoms with E-state index in [2.05, 4.69) is 20.8 Å². The number of anilines is 1. The Morgan fingerprint density at radius 2 is 2.10 bits per heavy atom. The van der Waals surface area contributed by atoms with Crippen molar-refractivity contribution < 1.29 is 9.53 Å². The normalized spacial score (nSPS) is 12.0. The minimum atomic E-state index is 0.0473. The van der Waals surface area contributed by atoms with E-state index in [-0.39, 0.29) is 11.9 Å². The highest BCUT2D eigenvalue weighted by molar-refractivity contribution is 5.95. The zero-order chi connectivity index (χ0) is 15.1. The molecule has 0 saturated heterocycles. The van der Waals surface area contributed by atoms with Crippen molar-refractivity contribution in [1.29, 1.82) is 0 Å². The summed E-state index contributed by atoms with van der Waals surface area (Å²) < 4.78 is 5.19. The molecule has 0 spiro atoms. The quantitative estimate of drug-likeness (QED) is 0.778. The minimum absolute atomic E-state index is 0.0473. The molecule has 0 aliphatic rings. The number of nitrogens with zero attached hydrogens (tertiary/aromatic N) is 1. The first-order valence-corrected chi connectivity index (χ1v) is 7.29. The maximum Gasteiger partial charge on any atom is 0.254 e. The number of nitrogen functional groups attached to an aromatic ring is 1. The second-order valence-electron chi connectivity index (χ2n) is 5.07. The average Bonchev–Trinajstić information content (AvgIpc) is 2.47. The lowest BCUT2D eigenvalue weighted by atomic mass is 10.1. The molecule has 1 rings (SSSR count). The van der Waals surface area contributed by atoms with Crippen LogP contribution in [0.25, 0.3) is 0 Å². The number of unbranched alkanes of at least 4 members (excludes halogenated alkanes) is 1. The molecule has 1 aromatic rings. The van der Waals surface area contributed by atoms with Gasteiger partial charge in [-0.2, -0.15) is 0 Å². The molecule has 0 heterocycles. The highest BCUT2D eigenvalue weighted by atomic mass is 16.5. The molecule has 1 amide bonds. The lowest BCUT2D eigenvalue weighted by Crippen LogP contribution is -2.39. The largest absolute Gasteiger partial charge is 0.495 e. The van der Waals surface area contributed by atoms with Crippen LogP contribution < -0.4 is 10.5 Å². The highest BCUT2D eigenvalue weighted by Gasteiger charge is 2.20. The van der Waals surface area contributed by atoms with Crippen LogP contribution in [-0.4, -0.2) is 30.5 Å². The predicted molar refractivity (Wildman–Crippen MR) is 83.1 cm³/mol. The molecule has 0 bridgehead atoms. The number of benzene rings is 1. The van der Waals surface area contributed by atoms with Gasteiger partial charge in [0, 0.05) is 18.2 Å². The first kappa shape index (κ1) is 16.3. The van der Waals surface area contributed by atoms with E-state index in [9.17, 15) is 4.79 Å². The van der Waals surface area contributed by atoms with Crippen LogP contribution >= 0.6 is 0 Å². The number of amides is 1. The molecule has 1 unspecified atom stereocenters. The van der Waals surface area contributed by atoms with Crippen molar-refractivity contribution in [3.8, 4) is 5.75 Å². The molecule has 0 saturated carbocycles. The zero-order valence-electron chi connectivity index (χ0n) is 13.0. The summed E-state index contributed by atoms with van der Waals surface area (Å²) in [5, 5.41) is 0. The summed E-state index contributed by atoms with van der Waals surface area (Å²) in [5.74, 6) is 0.599. The van der Waals surface area contributed by atoms with Crippen LogP contribution in [0.5, 0.6) is 5.75 Å². The molecule has 0 radical (unpaired) electrons. The van der Waals surface area contributed by atoms with Gasteiger partial charge < -0.3 is 15.4 Å². The number of nitrogens with two attached hydrogens (primary N) is 1. The van der Waals surface area contributed by atoms with Crippen molar-refractivity contribution in [3.05, 3.63) is 23.8 Å². The van der Waals surface area contributed by atoms with Crippen LogP contribution in [0.2, 0.25) is 0 Å². The molecule has 2 N–H and O–H groups in total. The molecule has 1 aromatic carbocycles. The number of carbonyl (C=O) groups excluding carboxylic acids is 1. The topological polar surface area (TPSA) is 55.6 Å². The van der Waals surface area contributed by atoms with Crippen molar-refractivity contribution in [2.75, 3.05) is 19.4 Å². The van der Waals surface area contributed by atoms with Gasteiger partial charge in [0.05, 0.1) is 12.8 Å². The van der Waals surface area contributed by atoms with E-state index in [0.29, 0.717) is 17.0 Å². The van der Waals surface area contributed by atoms with Crippen molar-refractivity contribution in [1.82, 2.24) is 4.90 Å². The van der Waals surface area contributed by atoms with Crippen LogP contribution in [0, 0.1) is 0 Å². The van der Waals surface area contributed by atoms with Crippen LogP contribution in [0.4, 0.5) is 5.69 Å². The average molecular weight is 278 g/mol. The third kappa shape index (κ3) is 3.89. The first-order chi connectivity index (χ1) is 9.54. The number of ether oxygens (including phenoxy) is 1. The van der Waals surface area contributed by atoms with Gasteiger partial charge in [0.1, 0.15) is 5.75 Å². The zero-order valence-corrected chi connectivity index (χ0v) is 13.0. The summed E-state index contributed by atoms with van der Waals surface area (Å²) in [6, 6.07) is 5.44. The summed E-state index contributed by atoms with van der Waals surface area (Å²) in [4.78, 5) is 14.6. The molecule has 1 atom stereocenters. The first-order valence-electron chi connectivity index (χ1n) is 7.29. The fraction of sp³-hybridized carbons (Fsp3) is 0.562. The van der Waals surface area contributed by atoms with E-state index in [1.165, 1.54) is 0 Å². The monoisotopic (exact) mass is 278 g/mol. The maximum atomic E-state index is 12.7. The molecule has 0 fully saturated rings. The Labute approximate surface area is 121 Å². The summed E-state index contributed by atoms with van der Waals surface area (Å²) in [7, 11) is 1.56. The Hall–Kier alpha value is -1.71. The molecule has 4 heteroatoms. The van der Waals surface area contributed by atoms with Gasteiger partial charge in [-0.3, -0.25) is 4.79 Å². The summed E-state index contributed by atoms with van der Waals surface area (Å²) in [6.45, 7) is 7.10. The highest BCUT2D eigenvalue weighted by Crippen LogP contribution is 2.23. The smallest absolute Gasteiger partial charge is 0.254 e. The lowest BCUT2D eigenvalue weighted by molar-refractivity contribution is 0.0685. The van der Waals surface area contributed by atoms with Crippen molar-refractivity contribution in [3.63, 3.8) is 0 Å². The second-order valence-corrected chi connectivity index (χ2v) is 5.07. The van der Waals surface area contributed by atoms with Crippen LogP contribution in [-0.2, 0) is 0 Å². The molecule has 0 aliphatic carbocycles.